The van der Waals surface area contributed by atoms with Crippen LogP contribution in [0.15, 0.2) is 29.3 Å². The van der Waals surface area contributed by atoms with Crippen LogP contribution in [0.25, 0.3) is 10.9 Å². The number of para-hydroxylation sites is 1. The lowest BCUT2D eigenvalue weighted by molar-refractivity contribution is -0.119. The van der Waals surface area contributed by atoms with Gasteiger partial charge in [0, 0.05) is 11.4 Å². The number of benzene rings is 1. The molecule has 25 heavy (non-hydrogen) atoms. The van der Waals surface area contributed by atoms with E-state index in [4.69, 9.17) is 4.98 Å². The summed E-state index contributed by atoms with van der Waals surface area (Å²) in [7, 11) is 0. The predicted molar refractivity (Wildman–Crippen MR) is 104 cm³/mol. The number of nitrogens with one attached hydrogen (secondary N) is 1. The lowest BCUT2D eigenvalue weighted by Crippen LogP contribution is -2.33. The SMILES string of the molecule is C[C@H]1CCc2c(c(SCC(=O)NC3CCCC3)nc3ccccc23)C1. The summed E-state index contributed by atoms with van der Waals surface area (Å²) in [5.74, 6) is 1.33. The van der Waals surface area contributed by atoms with Gasteiger partial charge >= 0.3 is 0 Å². The second-order valence-electron chi connectivity index (χ2n) is 7.58. The van der Waals surface area contributed by atoms with Gasteiger partial charge in [0.1, 0.15) is 5.03 Å². The Morgan fingerprint density at radius 1 is 1.20 bits per heavy atom. The van der Waals surface area contributed by atoms with Crippen molar-refractivity contribution in [2.45, 2.75) is 62.9 Å². The lowest BCUT2D eigenvalue weighted by Gasteiger charge is -2.25. The Hall–Kier alpha value is -1.55. The van der Waals surface area contributed by atoms with Gasteiger partial charge in [0.15, 0.2) is 0 Å². The standard InChI is InChI=1S/C21H26N2OS/c1-14-10-11-16-17-8-4-5-9-19(17)23-21(18(16)12-14)25-13-20(24)22-15-6-2-3-7-15/h4-5,8-9,14-15H,2-3,6-7,10-13H2,1H3,(H,22,24)/t14-/m0/s1. The van der Waals surface area contributed by atoms with Crippen LogP contribution in [0.1, 0.15) is 50.2 Å². The first-order valence-corrected chi connectivity index (χ1v) is 10.5. The first kappa shape index (κ1) is 16.9. The number of aromatic nitrogens is 1. The van der Waals surface area contributed by atoms with E-state index in [0.29, 0.717) is 17.7 Å². The van der Waals surface area contributed by atoms with Crippen molar-refractivity contribution in [3.63, 3.8) is 0 Å². The molecule has 1 N–H and O–H groups in total. The zero-order valence-electron chi connectivity index (χ0n) is 14.9. The van der Waals surface area contributed by atoms with E-state index in [1.807, 2.05) is 0 Å². The third kappa shape index (κ3) is 3.69. The second kappa shape index (κ2) is 7.36. The minimum atomic E-state index is 0.157. The number of hydrogen-bond acceptors (Lipinski definition) is 3. The summed E-state index contributed by atoms with van der Waals surface area (Å²) in [6, 6.07) is 8.83. The molecule has 1 saturated carbocycles. The van der Waals surface area contributed by atoms with Gasteiger partial charge < -0.3 is 5.32 Å². The van der Waals surface area contributed by atoms with Crippen LogP contribution in [0.4, 0.5) is 0 Å². The maximum atomic E-state index is 12.3. The highest BCUT2D eigenvalue weighted by Gasteiger charge is 2.23. The molecule has 1 fully saturated rings. The molecule has 1 heterocycles. The molecule has 0 aliphatic heterocycles. The number of hydrogen-bond donors (Lipinski definition) is 1. The van der Waals surface area contributed by atoms with E-state index in [1.165, 1.54) is 35.8 Å². The molecular weight excluding hydrogens is 328 g/mol. The molecule has 1 aromatic carbocycles. The molecule has 2 aliphatic rings. The van der Waals surface area contributed by atoms with Crippen molar-refractivity contribution in [2.75, 3.05) is 5.75 Å². The van der Waals surface area contributed by atoms with E-state index in [-0.39, 0.29) is 5.91 Å². The Labute approximate surface area is 154 Å². The Morgan fingerprint density at radius 2 is 2.00 bits per heavy atom. The smallest absolute Gasteiger partial charge is 0.230 e. The monoisotopic (exact) mass is 354 g/mol. The van der Waals surface area contributed by atoms with Crippen LogP contribution in [-0.2, 0) is 17.6 Å². The van der Waals surface area contributed by atoms with E-state index >= 15 is 0 Å². The van der Waals surface area contributed by atoms with E-state index in [2.05, 4.69) is 36.5 Å². The molecule has 1 aromatic heterocycles. The van der Waals surface area contributed by atoms with Crippen molar-refractivity contribution in [1.82, 2.24) is 10.3 Å². The minimum Gasteiger partial charge on any atom is -0.353 e. The Bertz CT molecular complexity index is 783. The number of amides is 1. The number of carbonyl (C=O) groups is 1. The van der Waals surface area contributed by atoms with Crippen molar-refractivity contribution in [3.05, 3.63) is 35.4 Å². The van der Waals surface area contributed by atoms with Gasteiger partial charge in [-0.1, -0.05) is 49.7 Å². The molecule has 1 amide bonds. The molecule has 0 radical (unpaired) electrons. The van der Waals surface area contributed by atoms with Gasteiger partial charge in [0.25, 0.3) is 0 Å². The summed E-state index contributed by atoms with van der Waals surface area (Å²) < 4.78 is 0. The minimum absolute atomic E-state index is 0.157. The molecule has 4 rings (SSSR count). The number of thioether (sulfide) groups is 1. The Morgan fingerprint density at radius 3 is 2.84 bits per heavy atom. The van der Waals surface area contributed by atoms with E-state index in [0.717, 1.165) is 36.2 Å². The number of rotatable bonds is 4. The van der Waals surface area contributed by atoms with E-state index < -0.39 is 0 Å². The molecular formula is C21H26N2OS. The number of fused-ring (bicyclic) bond motifs is 3. The third-order valence-electron chi connectivity index (χ3n) is 5.57. The average molecular weight is 355 g/mol. The molecule has 4 heteroatoms. The van der Waals surface area contributed by atoms with Crippen molar-refractivity contribution >= 4 is 28.6 Å². The van der Waals surface area contributed by atoms with E-state index in [9.17, 15) is 4.79 Å². The van der Waals surface area contributed by atoms with Crippen LogP contribution in [-0.4, -0.2) is 22.7 Å². The highest BCUT2D eigenvalue weighted by Crippen LogP contribution is 2.36. The van der Waals surface area contributed by atoms with Crippen molar-refractivity contribution in [1.29, 1.82) is 0 Å². The molecule has 3 nitrogen and oxygen atoms in total. The zero-order chi connectivity index (χ0) is 17.2. The third-order valence-corrected chi connectivity index (χ3v) is 6.59. The fraction of sp³-hybridized carbons (Fsp3) is 0.524. The van der Waals surface area contributed by atoms with Gasteiger partial charge in [-0.15, -0.1) is 0 Å². The Balaban J connectivity index is 1.56. The predicted octanol–water partition coefficient (Wildman–Crippen LogP) is 4.51. The van der Waals surface area contributed by atoms with Gasteiger partial charge in [-0.3, -0.25) is 4.79 Å². The van der Waals surface area contributed by atoms with Crippen LogP contribution < -0.4 is 5.32 Å². The fourth-order valence-corrected chi connectivity index (χ4v) is 5.12. The van der Waals surface area contributed by atoms with Crippen LogP contribution in [0.5, 0.6) is 0 Å². The molecule has 0 unspecified atom stereocenters. The van der Waals surface area contributed by atoms with Crippen LogP contribution >= 0.6 is 11.8 Å². The van der Waals surface area contributed by atoms with Crippen molar-refractivity contribution < 1.29 is 4.79 Å². The number of aryl methyl sites for hydroxylation is 1. The first-order chi connectivity index (χ1) is 12.2. The quantitative estimate of drug-likeness (QED) is 0.822. The molecule has 1 atom stereocenters. The average Bonchev–Trinajstić information content (AvgIpc) is 3.12. The summed E-state index contributed by atoms with van der Waals surface area (Å²) in [6.45, 7) is 2.32. The number of pyridine rings is 1. The summed E-state index contributed by atoms with van der Waals surface area (Å²) >= 11 is 1.62. The summed E-state index contributed by atoms with van der Waals surface area (Å²) in [5, 5.41) is 5.55. The largest absolute Gasteiger partial charge is 0.353 e. The highest BCUT2D eigenvalue weighted by molar-refractivity contribution is 8.00. The maximum Gasteiger partial charge on any atom is 0.230 e. The van der Waals surface area contributed by atoms with Crippen molar-refractivity contribution in [3.8, 4) is 0 Å². The first-order valence-electron chi connectivity index (χ1n) is 9.53. The zero-order valence-corrected chi connectivity index (χ0v) is 15.7. The van der Waals surface area contributed by atoms with Gasteiger partial charge in [-0.25, -0.2) is 4.98 Å². The second-order valence-corrected chi connectivity index (χ2v) is 8.54. The van der Waals surface area contributed by atoms with Gasteiger partial charge in [-0.2, -0.15) is 0 Å². The lowest BCUT2D eigenvalue weighted by atomic mass is 9.84. The summed E-state index contributed by atoms with van der Waals surface area (Å²) in [6.07, 6.45) is 8.22. The van der Waals surface area contributed by atoms with Crippen LogP contribution in [0, 0.1) is 5.92 Å². The maximum absolute atomic E-state index is 12.3. The van der Waals surface area contributed by atoms with Gasteiger partial charge in [0.05, 0.1) is 11.3 Å². The normalized spacial score (nSPS) is 20.6. The fourth-order valence-electron chi connectivity index (χ4n) is 4.22. The molecule has 2 aromatic rings. The van der Waals surface area contributed by atoms with E-state index in [1.54, 1.807) is 11.8 Å². The summed E-state index contributed by atoms with van der Waals surface area (Å²) in [4.78, 5) is 17.2. The highest BCUT2D eigenvalue weighted by atomic mass is 32.2. The summed E-state index contributed by atoms with van der Waals surface area (Å²) in [5.41, 5.74) is 3.91. The van der Waals surface area contributed by atoms with Crippen LogP contribution in [0.3, 0.4) is 0 Å². The number of carbonyl (C=O) groups excluding carboxylic acids is 1. The van der Waals surface area contributed by atoms with Crippen molar-refractivity contribution in [2.24, 2.45) is 5.92 Å². The number of nitrogens with zero attached hydrogens (tertiary/aromatic N) is 1. The van der Waals surface area contributed by atoms with Gasteiger partial charge in [0.2, 0.25) is 5.91 Å². The molecule has 132 valence electrons. The molecule has 0 spiro atoms. The topological polar surface area (TPSA) is 42.0 Å². The Kier molecular flexibility index (Phi) is 4.98. The van der Waals surface area contributed by atoms with Gasteiger partial charge in [-0.05, 0) is 55.2 Å². The van der Waals surface area contributed by atoms with Crippen LogP contribution in [0.2, 0.25) is 0 Å². The molecule has 2 aliphatic carbocycles. The molecule has 0 saturated heterocycles. The molecule has 0 bridgehead atoms.